The first-order valence-corrected chi connectivity index (χ1v) is 8.86. The minimum atomic E-state index is -0.0169. The number of guanidine groups is 1. The van der Waals surface area contributed by atoms with Gasteiger partial charge in [-0.2, -0.15) is 5.10 Å². The quantitative estimate of drug-likeness (QED) is 0.307. The van der Waals surface area contributed by atoms with Gasteiger partial charge in [0.05, 0.1) is 17.8 Å². The van der Waals surface area contributed by atoms with Gasteiger partial charge in [0.1, 0.15) is 6.54 Å². The Morgan fingerprint density at radius 1 is 1.44 bits per heavy atom. The van der Waals surface area contributed by atoms with E-state index in [0.29, 0.717) is 6.54 Å². The molecule has 0 saturated carbocycles. The summed E-state index contributed by atoms with van der Waals surface area (Å²) in [5.41, 5.74) is 1.15. The minimum absolute atomic E-state index is 0. The normalized spacial score (nSPS) is 16.9. The molecule has 146 valence electrons. The van der Waals surface area contributed by atoms with Crippen molar-refractivity contribution in [2.45, 2.75) is 12.5 Å². The molecule has 1 atom stereocenters. The summed E-state index contributed by atoms with van der Waals surface area (Å²) in [6.07, 6.45) is 4.69. The van der Waals surface area contributed by atoms with Crippen LogP contribution in [0.1, 0.15) is 12.5 Å². The van der Waals surface area contributed by atoms with Crippen molar-refractivity contribution in [3.63, 3.8) is 0 Å². The second-order valence-corrected chi connectivity index (χ2v) is 6.63. The molecule has 1 aromatic heterocycles. The molecule has 2 aromatic rings. The Labute approximate surface area is 177 Å². The molecule has 2 heterocycles. The van der Waals surface area contributed by atoms with E-state index in [0.717, 1.165) is 36.4 Å². The number of benzene rings is 1. The molecule has 1 aromatic carbocycles. The van der Waals surface area contributed by atoms with E-state index in [1.165, 1.54) is 0 Å². The van der Waals surface area contributed by atoms with Crippen LogP contribution in [0.2, 0.25) is 0 Å². The van der Waals surface area contributed by atoms with E-state index in [2.05, 4.69) is 43.7 Å². The van der Waals surface area contributed by atoms with Gasteiger partial charge in [-0.05, 0) is 12.5 Å². The maximum Gasteiger partial charge on any atom is 0.243 e. The molecule has 0 radical (unpaired) electrons. The molecule has 0 spiro atoms. The number of amides is 1. The van der Waals surface area contributed by atoms with E-state index in [9.17, 15) is 4.79 Å². The molecule has 1 aliphatic heterocycles. The number of hydrogen-bond acceptors (Lipinski definition) is 3. The van der Waals surface area contributed by atoms with Crippen molar-refractivity contribution in [1.82, 2.24) is 24.9 Å². The number of halogens is 1. The average Bonchev–Trinajstić information content (AvgIpc) is 3.28. The van der Waals surface area contributed by atoms with Crippen LogP contribution in [0.4, 0.5) is 0 Å². The van der Waals surface area contributed by atoms with Crippen LogP contribution >= 0.6 is 24.0 Å². The summed E-state index contributed by atoms with van der Waals surface area (Å²) in [5.74, 6) is 0.732. The Morgan fingerprint density at radius 2 is 2.22 bits per heavy atom. The van der Waals surface area contributed by atoms with Crippen LogP contribution in [0.5, 0.6) is 0 Å². The molecule has 1 aliphatic rings. The number of nitrogens with one attached hydrogen (secondary N) is 1. The summed E-state index contributed by atoms with van der Waals surface area (Å²) in [5, 5.41) is 9.00. The van der Waals surface area contributed by atoms with Crippen LogP contribution in [0.25, 0.3) is 10.9 Å². The van der Waals surface area contributed by atoms with Crippen molar-refractivity contribution in [3.8, 4) is 0 Å². The molecule has 1 unspecified atom stereocenters. The third-order valence-corrected chi connectivity index (χ3v) is 4.58. The van der Waals surface area contributed by atoms with Crippen molar-refractivity contribution in [1.29, 1.82) is 0 Å². The first-order valence-electron chi connectivity index (χ1n) is 8.86. The summed E-state index contributed by atoms with van der Waals surface area (Å²) in [7, 11) is 3.48. The molecule has 1 fully saturated rings. The summed E-state index contributed by atoms with van der Waals surface area (Å²) in [4.78, 5) is 20.1. The number of para-hydroxylation sites is 1. The lowest BCUT2D eigenvalue weighted by atomic mass is 10.2. The van der Waals surface area contributed by atoms with E-state index in [1.807, 2.05) is 18.3 Å². The number of likely N-dealkylation sites (tertiary alicyclic amines) is 1. The van der Waals surface area contributed by atoms with Gasteiger partial charge in [-0.3, -0.25) is 9.48 Å². The van der Waals surface area contributed by atoms with E-state index >= 15 is 0 Å². The summed E-state index contributed by atoms with van der Waals surface area (Å²) < 4.78 is 2.10. The molecule has 1 saturated heterocycles. The maximum atomic E-state index is 11.9. The predicted octanol–water partition coefficient (Wildman–Crippen LogP) is 2.12. The van der Waals surface area contributed by atoms with Crippen LogP contribution in [0.15, 0.2) is 48.1 Å². The zero-order valence-corrected chi connectivity index (χ0v) is 18.2. The van der Waals surface area contributed by atoms with Crippen molar-refractivity contribution in [3.05, 3.63) is 43.1 Å². The molecule has 0 aliphatic carbocycles. The number of fused-ring (bicyclic) bond motifs is 1. The lowest BCUT2D eigenvalue weighted by Crippen LogP contribution is -2.41. The van der Waals surface area contributed by atoms with E-state index in [1.54, 1.807) is 25.1 Å². The number of aromatic nitrogens is 2. The van der Waals surface area contributed by atoms with Gasteiger partial charge in [0.15, 0.2) is 5.96 Å². The zero-order valence-electron chi connectivity index (χ0n) is 15.8. The van der Waals surface area contributed by atoms with Crippen LogP contribution in [0.3, 0.4) is 0 Å². The van der Waals surface area contributed by atoms with Gasteiger partial charge in [0, 0.05) is 39.1 Å². The molecule has 3 rings (SSSR count). The van der Waals surface area contributed by atoms with Crippen molar-refractivity contribution in [2.75, 3.05) is 40.3 Å². The Hall–Kier alpha value is -2.10. The number of rotatable bonds is 5. The topological polar surface area (TPSA) is 65.8 Å². The fraction of sp³-hybridized carbons (Fsp3) is 0.421. The highest BCUT2D eigenvalue weighted by molar-refractivity contribution is 14.0. The SMILES string of the molecule is C=CCNC(=NCC(=O)N(C)C)N1CCC(n2ncc3ccccc32)C1.I. The average molecular weight is 482 g/mol. The molecule has 7 nitrogen and oxygen atoms in total. The largest absolute Gasteiger partial charge is 0.353 e. The van der Waals surface area contributed by atoms with Gasteiger partial charge in [-0.1, -0.05) is 24.3 Å². The summed E-state index contributed by atoms with van der Waals surface area (Å²) >= 11 is 0. The second kappa shape index (κ2) is 9.72. The number of hydrogen-bond donors (Lipinski definition) is 1. The highest BCUT2D eigenvalue weighted by Gasteiger charge is 2.27. The van der Waals surface area contributed by atoms with Crippen molar-refractivity contribution < 1.29 is 4.79 Å². The lowest BCUT2D eigenvalue weighted by Gasteiger charge is -2.22. The predicted molar refractivity (Wildman–Crippen MR) is 120 cm³/mol. The van der Waals surface area contributed by atoms with Crippen molar-refractivity contribution >= 4 is 46.7 Å². The van der Waals surface area contributed by atoms with E-state index in [4.69, 9.17) is 0 Å². The number of carbonyl (C=O) groups excluding carboxylic acids is 1. The monoisotopic (exact) mass is 482 g/mol. The van der Waals surface area contributed by atoms with Gasteiger partial charge >= 0.3 is 0 Å². The first kappa shape index (κ1) is 21.2. The number of nitrogens with zero attached hydrogens (tertiary/aromatic N) is 5. The minimum Gasteiger partial charge on any atom is -0.353 e. The van der Waals surface area contributed by atoms with Gasteiger partial charge in [-0.25, -0.2) is 4.99 Å². The Kier molecular flexibility index (Phi) is 7.64. The molecule has 0 bridgehead atoms. The van der Waals surface area contributed by atoms with Gasteiger partial charge in [-0.15, -0.1) is 30.6 Å². The summed E-state index contributed by atoms with van der Waals surface area (Å²) in [6, 6.07) is 8.54. The molecule has 1 amide bonds. The molecular formula is C19H27IN6O. The Balaban J connectivity index is 0.00000261. The van der Waals surface area contributed by atoms with Crippen LogP contribution in [-0.4, -0.2) is 71.7 Å². The van der Waals surface area contributed by atoms with Gasteiger partial charge < -0.3 is 15.1 Å². The number of aliphatic imine (C=N–C) groups is 1. The van der Waals surface area contributed by atoms with Crippen molar-refractivity contribution in [2.24, 2.45) is 4.99 Å². The van der Waals surface area contributed by atoms with Gasteiger partial charge in [0.2, 0.25) is 5.91 Å². The maximum absolute atomic E-state index is 11.9. The summed E-state index contributed by atoms with van der Waals surface area (Å²) in [6.45, 7) is 6.18. The first-order chi connectivity index (χ1) is 12.6. The standard InChI is InChI=1S/C19H26N6O.HI/c1-4-10-20-19(21-13-18(26)23(2)3)24-11-9-16(14-24)25-17-8-6-5-7-15(17)12-22-25;/h4-8,12,16H,1,9-11,13-14H2,2-3H3,(H,20,21);1H. The van der Waals surface area contributed by atoms with Crippen LogP contribution < -0.4 is 5.32 Å². The molecular weight excluding hydrogens is 455 g/mol. The van der Waals surface area contributed by atoms with Crippen LogP contribution in [0, 0.1) is 0 Å². The van der Waals surface area contributed by atoms with E-state index < -0.39 is 0 Å². The second-order valence-electron chi connectivity index (χ2n) is 6.63. The highest BCUT2D eigenvalue weighted by atomic mass is 127. The lowest BCUT2D eigenvalue weighted by molar-refractivity contribution is -0.127. The van der Waals surface area contributed by atoms with Gasteiger partial charge in [0.25, 0.3) is 0 Å². The molecule has 1 N–H and O–H groups in total. The van der Waals surface area contributed by atoms with E-state index in [-0.39, 0.29) is 42.5 Å². The third-order valence-electron chi connectivity index (χ3n) is 4.58. The fourth-order valence-electron chi connectivity index (χ4n) is 3.13. The highest BCUT2D eigenvalue weighted by Crippen LogP contribution is 2.25. The molecule has 8 heteroatoms. The Morgan fingerprint density at radius 3 is 2.96 bits per heavy atom. The third kappa shape index (κ3) is 5.00. The zero-order chi connectivity index (χ0) is 18.5. The number of likely N-dealkylation sites (N-methyl/N-ethyl adjacent to an activating group) is 1. The fourth-order valence-corrected chi connectivity index (χ4v) is 3.13. The Bertz CT molecular complexity index is 815. The smallest absolute Gasteiger partial charge is 0.243 e. The van der Waals surface area contributed by atoms with Crippen LogP contribution in [-0.2, 0) is 4.79 Å². The molecule has 27 heavy (non-hydrogen) atoms. The number of carbonyl (C=O) groups is 1.